The summed E-state index contributed by atoms with van der Waals surface area (Å²) in [6.07, 6.45) is 9.61. The second kappa shape index (κ2) is 8.28. The number of methoxy groups -OCH3 is 1. The van der Waals surface area contributed by atoms with E-state index in [1.165, 1.54) is 12.7 Å². The topological polar surface area (TPSA) is 84.2 Å². The first-order valence-corrected chi connectivity index (χ1v) is 14.8. The van der Waals surface area contributed by atoms with Crippen LogP contribution in [0.1, 0.15) is 106 Å². The molecular weight excluding hydrogens is 474 g/mol. The van der Waals surface area contributed by atoms with Crippen LogP contribution in [0.3, 0.4) is 0 Å². The fraction of sp³-hybridized carbons (Fsp3) is 0.818. The van der Waals surface area contributed by atoms with Crippen molar-refractivity contribution in [2.75, 3.05) is 7.11 Å². The Morgan fingerprint density at radius 2 is 1.66 bits per heavy atom. The van der Waals surface area contributed by atoms with Crippen molar-refractivity contribution in [1.82, 2.24) is 0 Å². The van der Waals surface area contributed by atoms with E-state index in [2.05, 4.69) is 40.7 Å². The standard InChI is InChI=1S/C33H47NO4/c1-28(2)11-13-33(18-25(36)38-8)14-12-32(7)26(21(33)17-28)22(35)15-24-30(5)16-20(19-34)27(37)29(3,4)23(30)9-10-31(24,32)6/h15,20-21,23,26H,9-14,16-18H2,1-8H3/t20?,21?,23?,26?,30-,31+,32+,33+/m0/s1. The number of fused-ring (bicyclic) bond motifs is 7. The third-order valence-corrected chi connectivity index (χ3v) is 13.2. The zero-order valence-corrected chi connectivity index (χ0v) is 24.8. The molecule has 0 heterocycles. The molecule has 8 atom stereocenters. The maximum atomic E-state index is 14.5. The predicted molar refractivity (Wildman–Crippen MR) is 146 cm³/mol. The van der Waals surface area contributed by atoms with Crippen molar-refractivity contribution in [3.8, 4) is 6.07 Å². The number of nitriles is 1. The van der Waals surface area contributed by atoms with Gasteiger partial charge in [-0.1, -0.05) is 54.0 Å². The van der Waals surface area contributed by atoms with Crippen LogP contribution in [0.5, 0.6) is 0 Å². The van der Waals surface area contributed by atoms with Crippen LogP contribution in [-0.4, -0.2) is 24.6 Å². The second-order valence-corrected chi connectivity index (χ2v) is 15.8. The van der Waals surface area contributed by atoms with Crippen LogP contribution in [0.15, 0.2) is 11.6 Å². The summed E-state index contributed by atoms with van der Waals surface area (Å²) in [5.41, 5.74) is -0.227. The monoisotopic (exact) mass is 521 g/mol. The van der Waals surface area contributed by atoms with Gasteiger partial charge < -0.3 is 4.74 Å². The van der Waals surface area contributed by atoms with Gasteiger partial charge in [-0.15, -0.1) is 0 Å². The summed E-state index contributed by atoms with van der Waals surface area (Å²) in [5.74, 6) is -0.376. The Hall–Kier alpha value is -1.96. The molecule has 0 aromatic rings. The highest BCUT2D eigenvalue weighted by atomic mass is 16.5. The number of hydrogen-bond acceptors (Lipinski definition) is 5. The van der Waals surface area contributed by atoms with Crippen molar-refractivity contribution < 1.29 is 19.1 Å². The molecule has 5 heteroatoms. The molecule has 0 radical (unpaired) electrons. The number of nitrogens with zero attached hydrogens (tertiary/aromatic N) is 1. The minimum absolute atomic E-state index is 0.0626. The molecular formula is C33H47NO4. The highest BCUT2D eigenvalue weighted by molar-refractivity contribution is 5.96. The number of carbonyl (C=O) groups is 3. The van der Waals surface area contributed by atoms with Crippen LogP contribution in [0.4, 0.5) is 0 Å². The maximum absolute atomic E-state index is 14.5. The minimum Gasteiger partial charge on any atom is -0.469 e. The highest BCUT2D eigenvalue weighted by Crippen LogP contribution is 2.75. The van der Waals surface area contributed by atoms with Crippen LogP contribution in [0.25, 0.3) is 0 Å². The minimum atomic E-state index is -0.631. The number of carbonyl (C=O) groups excluding carboxylic acids is 3. The van der Waals surface area contributed by atoms with Crippen LogP contribution in [0.2, 0.25) is 0 Å². The molecule has 0 N–H and O–H groups in total. The molecule has 0 aliphatic heterocycles. The average molecular weight is 522 g/mol. The predicted octanol–water partition coefficient (Wildman–Crippen LogP) is 6.85. The number of esters is 1. The molecule has 4 saturated carbocycles. The Morgan fingerprint density at radius 3 is 2.29 bits per heavy atom. The summed E-state index contributed by atoms with van der Waals surface area (Å²) < 4.78 is 5.17. The molecule has 5 nitrogen and oxygen atoms in total. The highest BCUT2D eigenvalue weighted by Gasteiger charge is 2.70. The second-order valence-electron chi connectivity index (χ2n) is 15.8. The van der Waals surface area contributed by atoms with E-state index in [1.807, 2.05) is 19.9 Å². The van der Waals surface area contributed by atoms with E-state index in [0.717, 1.165) is 44.9 Å². The van der Waals surface area contributed by atoms with Gasteiger partial charge in [0.15, 0.2) is 11.6 Å². The van der Waals surface area contributed by atoms with E-state index >= 15 is 0 Å². The van der Waals surface area contributed by atoms with Gasteiger partial charge >= 0.3 is 5.97 Å². The molecule has 0 amide bonds. The summed E-state index contributed by atoms with van der Waals surface area (Å²) in [4.78, 5) is 40.4. The smallest absolute Gasteiger partial charge is 0.306 e. The van der Waals surface area contributed by atoms with E-state index in [0.29, 0.717) is 12.8 Å². The van der Waals surface area contributed by atoms with Crippen LogP contribution >= 0.6 is 0 Å². The molecule has 38 heavy (non-hydrogen) atoms. The third-order valence-electron chi connectivity index (χ3n) is 13.2. The zero-order chi connectivity index (χ0) is 28.1. The average Bonchev–Trinajstić information content (AvgIpc) is 2.83. The number of rotatable bonds is 2. The van der Waals surface area contributed by atoms with E-state index in [-0.39, 0.29) is 62.4 Å². The van der Waals surface area contributed by atoms with Gasteiger partial charge in [0, 0.05) is 11.3 Å². The molecule has 0 aromatic carbocycles. The Kier molecular flexibility index (Phi) is 6.01. The quantitative estimate of drug-likeness (QED) is 0.371. The molecule has 0 aromatic heterocycles. The van der Waals surface area contributed by atoms with Crippen molar-refractivity contribution in [3.63, 3.8) is 0 Å². The Bertz CT molecular complexity index is 1160. The Balaban J connectivity index is 1.65. The van der Waals surface area contributed by atoms with E-state index in [1.54, 1.807) is 0 Å². The molecule has 0 bridgehead atoms. The van der Waals surface area contributed by atoms with Crippen molar-refractivity contribution in [2.24, 2.45) is 56.2 Å². The largest absolute Gasteiger partial charge is 0.469 e. The molecule has 5 aliphatic rings. The molecule has 4 unspecified atom stereocenters. The molecule has 5 rings (SSSR count). The van der Waals surface area contributed by atoms with Gasteiger partial charge in [-0.05, 0) is 96.4 Å². The summed E-state index contributed by atoms with van der Waals surface area (Å²) >= 11 is 0. The number of ether oxygens (including phenoxy) is 1. The van der Waals surface area contributed by atoms with E-state index in [4.69, 9.17) is 4.74 Å². The summed E-state index contributed by atoms with van der Waals surface area (Å²) in [6.45, 7) is 15.6. The van der Waals surface area contributed by atoms with Crippen molar-refractivity contribution >= 4 is 17.5 Å². The third kappa shape index (κ3) is 3.43. The lowest BCUT2D eigenvalue weighted by molar-refractivity contribution is -0.182. The zero-order valence-electron chi connectivity index (χ0n) is 24.8. The summed E-state index contributed by atoms with van der Waals surface area (Å²) in [6, 6.07) is 2.32. The Morgan fingerprint density at radius 1 is 1.00 bits per heavy atom. The fourth-order valence-corrected chi connectivity index (χ4v) is 10.9. The SMILES string of the molecule is COC(=O)C[C@]12CCC(C)(C)CC1C1C(=O)C=C3[C@@]4(C)CC(C#N)C(=O)C(C)(C)C4CC[C@@]3(C)[C@]1(C)CC2. The lowest BCUT2D eigenvalue weighted by Crippen LogP contribution is -2.65. The Labute approximate surface area is 229 Å². The molecule has 0 spiro atoms. The van der Waals surface area contributed by atoms with Crippen LogP contribution in [0, 0.1) is 67.5 Å². The first-order chi connectivity index (χ1) is 17.5. The lowest BCUT2D eigenvalue weighted by Gasteiger charge is -2.70. The summed E-state index contributed by atoms with van der Waals surface area (Å²) in [7, 11) is 1.47. The molecule has 208 valence electrons. The first-order valence-electron chi connectivity index (χ1n) is 14.8. The number of allylic oxidation sites excluding steroid dienone is 2. The van der Waals surface area contributed by atoms with Crippen LogP contribution < -0.4 is 0 Å². The van der Waals surface area contributed by atoms with Gasteiger partial charge in [-0.25, -0.2) is 0 Å². The summed E-state index contributed by atoms with van der Waals surface area (Å²) in [5, 5.41) is 9.95. The van der Waals surface area contributed by atoms with E-state index in [9.17, 15) is 19.6 Å². The van der Waals surface area contributed by atoms with E-state index < -0.39 is 11.3 Å². The molecule has 5 aliphatic carbocycles. The van der Waals surface area contributed by atoms with Crippen molar-refractivity contribution in [1.29, 1.82) is 5.26 Å². The number of Topliss-reactive ketones (excluding diaryl/α,β-unsaturated/α-hetero) is 1. The van der Waals surface area contributed by atoms with Gasteiger partial charge in [0.1, 0.15) is 5.92 Å². The van der Waals surface area contributed by atoms with Gasteiger partial charge in [0.2, 0.25) is 0 Å². The normalized spacial score (nSPS) is 46.9. The number of ketones is 2. The van der Waals surface area contributed by atoms with Gasteiger partial charge in [0.25, 0.3) is 0 Å². The van der Waals surface area contributed by atoms with Gasteiger partial charge in [0.05, 0.1) is 19.6 Å². The number of hydrogen-bond donors (Lipinski definition) is 0. The maximum Gasteiger partial charge on any atom is 0.306 e. The van der Waals surface area contributed by atoms with Crippen LogP contribution in [-0.2, 0) is 19.1 Å². The van der Waals surface area contributed by atoms with Gasteiger partial charge in [-0.3, -0.25) is 14.4 Å². The molecule has 4 fully saturated rings. The lowest BCUT2D eigenvalue weighted by atomic mass is 9.33. The molecule has 0 saturated heterocycles. The fourth-order valence-electron chi connectivity index (χ4n) is 10.9. The van der Waals surface area contributed by atoms with Gasteiger partial charge in [-0.2, -0.15) is 5.26 Å². The van der Waals surface area contributed by atoms with Crippen molar-refractivity contribution in [2.45, 2.75) is 106 Å². The first kappa shape index (κ1) is 27.6. The van der Waals surface area contributed by atoms with Crippen molar-refractivity contribution in [3.05, 3.63) is 11.6 Å².